The first-order valence-corrected chi connectivity index (χ1v) is 6.07. The first-order chi connectivity index (χ1) is 8.70. The molecule has 18 heavy (non-hydrogen) atoms. The number of nitrogens with one attached hydrogen (secondary N) is 1. The number of aromatic nitrogens is 2. The van der Waals surface area contributed by atoms with Crippen molar-refractivity contribution in [3.8, 4) is 0 Å². The fraction of sp³-hybridized carbons (Fsp3) is 0. The normalized spacial score (nSPS) is 10.7. The summed E-state index contributed by atoms with van der Waals surface area (Å²) in [5.74, 6) is 0.236. The molecule has 0 amide bonds. The van der Waals surface area contributed by atoms with Crippen molar-refractivity contribution in [2.75, 3.05) is 11.1 Å². The molecule has 0 spiro atoms. The van der Waals surface area contributed by atoms with Crippen molar-refractivity contribution in [3.63, 3.8) is 0 Å². The van der Waals surface area contributed by atoms with E-state index in [1.54, 1.807) is 6.07 Å². The predicted molar refractivity (Wildman–Crippen MR) is 71.5 cm³/mol. The lowest BCUT2D eigenvalue weighted by Gasteiger charge is -2.04. The average molecular weight is 260 g/mol. The van der Waals surface area contributed by atoms with Gasteiger partial charge in [0.15, 0.2) is 5.13 Å². The van der Waals surface area contributed by atoms with Gasteiger partial charge in [-0.2, -0.15) is 0 Å². The largest absolute Gasteiger partial charge is 0.375 e. The standard InChI is InChI=1S/C12H9FN4S/c13-7-1-4-11(15-6-7)16-8-2-3-9-10(5-8)18-12(14)17-9/h1-6H,(H2,14,17)(H,15,16). The summed E-state index contributed by atoms with van der Waals surface area (Å²) in [5, 5.41) is 3.64. The van der Waals surface area contributed by atoms with E-state index in [1.807, 2.05) is 18.2 Å². The van der Waals surface area contributed by atoms with Crippen molar-refractivity contribution >= 4 is 38.2 Å². The molecule has 0 saturated heterocycles. The van der Waals surface area contributed by atoms with Crippen molar-refractivity contribution in [1.82, 2.24) is 9.97 Å². The topological polar surface area (TPSA) is 63.8 Å². The molecule has 1 aromatic carbocycles. The molecule has 0 atom stereocenters. The molecule has 0 unspecified atom stereocenters. The van der Waals surface area contributed by atoms with Crippen LogP contribution in [-0.4, -0.2) is 9.97 Å². The molecule has 0 aliphatic rings. The van der Waals surface area contributed by atoms with Gasteiger partial charge < -0.3 is 11.1 Å². The number of nitrogens with two attached hydrogens (primary N) is 1. The van der Waals surface area contributed by atoms with Crippen LogP contribution in [0, 0.1) is 5.82 Å². The monoisotopic (exact) mass is 260 g/mol. The van der Waals surface area contributed by atoms with E-state index in [1.165, 1.54) is 23.6 Å². The molecular weight excluding hydrogens is 251 g/mol. The number of hydrogen-bond donors (Lipinski definition) is 2. The zero-order valence-corrected chi connectivity index (χ0v) is 10.0. The number of nitrogen functional groups attached to an aromatic ring is 1. The Hall–Kier alpha value is -2.21. The number of benzene rings is 1. The Morgan fingerprint density at radius 2 is 2.11 bits per heavy atom. The summed E-state index contributed by atoms with van der Waals surface area (Å²) in [4.78, 5) is 8.11. The molecule has 0 fully saturated rings. The Morgan fingerprint density at radius 3 is 2.89 bits per heavy atom. The number of halogens is 1. The van der Waals surface area contributed by atoms with Crippen LogP contribution in [0.4, 0.5) is 21.0 Å². The zero-order chi connectivity index (χ0) is 12.5. The molecule has 90 valence electrons. The van der Waals surface area contributed by atoms with Crippen LogP contribution in [0.25, 0.3) is 10.2 Å². The van der Waals surface area contributed by atoms with Crippen molar-refractivity contribution in [3.05, 3.63) is 42.3 Å². The minimum Gasteiger partial charge on any atom is -0.375 e. The highest BCUT2D eigenvalue weighted by Crippen LogP contribution is 2.27. The quantitative estimate of drug-likeness (QED) is 0.743. The van der Waals surface area contributed by atoms with E-state index >= 15 is 0 Å². The van der Waals surface area contributed by atoms with E-state index in [0.29, 0.717) is 10.9 Å². The summed E-state index contributed by atoms with van der Waals surface area (Å²) >= 11 is 1.43. The van der Waals surface area contributed by atoms with Crippen LogP contribution in [0.5, 0.6) is 0 Å². The van der Waals surface area contributed by atoms with Gasteiger partial charge in [0.05, 0.1) is 16.4 Å². The fourth-order valence-corrected chi connectivity index (χ4v) is 2.39. The van der Waals surface area contributed by atoms with Gasteiger partial charge in [-0.1, -0.05) is 11.3 Å². The molecule has 0 aliphatic heterocycles. The first kappa shape index (κ1) is 10.9. The van der Waals surface area contributed by atoms with Crippen LogP contribution < -0.4 is 11.1 Å². The summed E-state index contributed by atoms with van der Waals surface area (Å²) in [6.45, 7) is 0. The molecule has 0 radical (unpaired) electrons. The van der Waals surface area contributed by atoms with E-state index in [4.69, 9.17) is 5.73 Å². The minimum absolute atomic E-state index is 0.355. The van der Waals surface area contributed by atoms with Gasteiger partial charge in [0.25, 0.3) is 0 Å². The van der Waals surface area contributed by atoms with Gasteiger partial charge >= 0.3 is 0 Å². The number of pyridine rings is 1. The van der Waals surface area contributed by atoms with E-state index in [9.17, 15) is 4.39 Å². The Balaban J connectivity index is 1.92. The number of fused-ring (bicyclic) bond motifs is 1. The van der Waals surface area contributed by atoms with Gasteiger partial charge in [-0.3, -0.25) is 0 Å². The zero-order valence-electron chi connectivity index (χ0n) is 9.22. The second kappa shape index (κ2) is 4.23. The minimum atomic E-state index is -0.355. The third-order valence-electron chi connectivity index (χ3n) is 2.40. The van der Waals surface area contributed by atoms with Crippen molar-refractivity contribution in [1.29, 1.82) is 0 Å². The number of anilines is 3. The summed E-state index contributed by atoms with van der Waals surface area (Å²) < 4.78 is 13.7. The molecule has 4 nitrogen and oxygen atoms in total. The molecule has 2 aromatic heterocycles. The molecule has 0 bridgehead atoms. The lowest BCUT2D eigenvalue weighted by molar-refractivity contribution is 0.622. The van der Waals surface area contributed by atoms with Crippen LogP contribution in [0.3, 0.4) is 0 Å². The highest BCUT2D eigenvalue weighted by molar-refractivity contribution is 7.22. The second-order valence-corrected chi connectivity index (χ2v) is 4.78. The summed E-state index contributed by atoms with van der Waals surface area (Å²) in [6.07, 6.45) is 1.17. The lowest BCUT2D eigenvalue weighted by atomic mass is 10.3. The maximum Gasteiger partial charge on any atom is 0.181 e. The summed E-state index contributed by atoms with van der Waals surface area (Å²) in [7, 11) is 0. The molecule has 2 heterocycles. The summed E-state index contributed by atoms with van der Waals surface area (Å²) in [5.41, 5.74) is 7.38. The Labute approximate surface area is 106 Å². The molecule has 3 rings (SSSR count). The van der Waals surface area contributed by atoms with E-state index in [0.717, 1.165) is 15.9 Å². The summed E-state index contributed by atoms with van der Waals surface area (Å²) in [6, 6.07) is 8.65. The number of nitrogens with zero attached hydrogens (tertiary/aromatic N) is 2. The number of thiazole rings is 1. The Bertz CT molecular complexity index is 693. The lowest BCUT2D eigenvalue weighted by Crippen LogP contribution is -1.93. The maximum atomic E-state index is 12.7. The molecule has 0 aliphatic carbocycles. The van der Waals surface area contributed by atoms with Crippen molar-refractivity contribution in [2.24, 2.45) is 0 Å². The highest BCUT2D eigenvalue weighted by atomic mass is 32.1. The van der Waals surface area contributed by atoms with E-state index in [2.05, 4.69) is 15.3 Å². The fourth-order valence-electron chi connectivity index (χ4n) is 1.62. The van der Waals surface area contributed by atoms with Gasteiger partial charge in [0, 0.05) is 5.69 Å². The molecule has 6 heteroatoms. The van der Waals surface area contributed by atoms with Crippen LogP contribution >= 0.6 is 11.3 Å². The van der Waals surface area contributed by atoms with Gasteiger partial charge in [-0.15, -0.1) is 0 Å². The first-order valence-electron chi connectivity index (χ1n) is 5.25. The molecule has 3 N–H and O–H groups in total. The third-order valence-corrected chi connectivity index (χ3v) is 3.25. The van der Waals surface area contributed by atoms with Gasteiger partial charge in [0.1, 0.15) is 11.6 Å². The van der Waals surface area contributed by atoms with E-state index < -0.39 is 0 Å². The van der Waals surface area contributed by atoms with Gasteiger partial charge in [-0.05, 0) is 30.3 Å². The number of rotatable bonds is 2. The Morgan fingerprint density at radius 1 is 1.22 bits per heavy atom. The van der Waals surface area contributed by atoms with Crippen LogP contribution in [0.1, 0.15) is 0 Å². The molecule has 0 saturated carbocycles. The number of hydrogen-bond acceptors (Lipinski definition) is 5. The highest BCUT2D eigenvalue weighted by Gasteiger charge is 2.03. The van der Waals surface area contributed by atoms with E-state index in [-0.39, 0.29) is 5.82 Å². The van der Waals surface area contributed by atoms with Gasteiger partial charge in [-0.25, -0.2) is 14.4 Å². The van der Waals surface area contributed by atoms with Crippen LogP contribution in [0.2, 0.25) is 0 Å². The molecular formula is C12H9FN4S. The van der Waals surface area contributed by atoms with Gasteiger partial charge in [0.2, 0.25) is 0 Å². The molecule has 3 aromatic rings. The Kier molecular flexibility index (Phi) is 2.56. The third kappa shape index (κ3) is 2.10. The van der Waals surface area contributed by atoms with Crippen molar-refractivity contribution < 1.29 is 4.39 Å². The maximum absolute atomic E-state index is 12.7. The van der Waals surface area contributed by atoms with Crippen molar-refractivity contribution in [2.45, 2.75) is 0 Å². The smallest absolute Gasteiger partial charge is 0.181 e. The van der Waals surface area contributed by atoms with Crippen LogP contribution in [0.15, 0.2) is 36.5 Å². The predicted octanol–water partition coefficient (Wildman–Crippen LogP) is 3.16. The van der Waals surface area contributed by atoms with Crippen LogP contribution in [-0.2, 0) is 0 Å². The average Bonchev–Trinajstić information content (AvgIpc) is 2.71. The second-order valence-electron chi connectivity index (χ2n) is 3.72. The SMILES string of the molecule is Nc1nc2ccc(Nc3ccc(F)cn3)cc2s1.